The normalized spacial score (nSPS) is 20.4. The first-order valence-corrected chi connectivity index (χ1v) is 4.59. The SMILES string of the molecule is COC1=C(C(C)C)CCN(C)C1. The summed E-state index contributed by atoms with van der Waals surface area (Å²) in [6.07, 6.45) is 1.16. The highest BCUT2D eigenvalue weighted by atomic mass is 16.5. The fourth-order valence-corrected chi connectivity index (χ4v) is 1.68. The van der Waals surface area contributed by atoms with E-state index in [1.807, 2.05) is 0 Å². The third kappa shape index (κ3) is 2.01. The molecule has 0 fully saturated rings. The number of hydrogen-bond acceptors (Lipinski definition) is 2. The maximum absolute atomic E-state index is 5.37. The van der Waals surface area contributed by atoms with Crippen LogP contribution in [0.1, 0.15) is 20.3 Å². The quantitative estimate of drug-likeness (QED) is 0.626. The molecule has 0 saturated carbocycles. The summed E-state index contributed by atoms with van der Waals surface area (Å²) in [5, 5.41) is 0. The molecule has 0 radical (unpaired) electrons. The van der Waals surface area contributed by atoms with Crippen LogP contribution in [0.2, 0.25) is 0 Å². The van der Waals surface area contributed by atoms with Gasteiger partial charge in [-0.05, 0) is 25.0 Å². The third-order valence-corrected chi connectivity index (χ3v) is 2.48. The monoisotopic (exact) mass is 169 g/mol. The lowest BCUT2D eigenvalue weighted by atomic mass is 9.96. The minimum absolute atomic E-state index is 0.633. The maximum Gasteiger partial charge on any atom is 0.109 e. The van der Waals surface area contributed by atoms with Gasteiger partial charge in [0.25, 0.3) is 0 Å². The van der Waals surface area contributed by atoms with Crippen molar-refractivity contribution in [2.45, 2.75) is 20.3 Å². The van der Waals surface area contributed by atoms with E-state index in [-0.39, 0.29) is 0 Å². The summed E-state index contributed by atoms with van der Waals surface area (Å²) in [4.78, 5) is 2.30. The van der Waals surface area contributed by atoms with Crippen LogP contribution in [-0.2, 0) is 4.74 Å². The van der Waals surface area contributed by atoms with Gasteiger partial charge < -0.3 is 4.74 Å². The Morgan fingerprint density at radius 3 is 2.58 bits per heavy atom. The van der Waals surface area contributed by atoms with Crippen molar-refractivity contribution < 1.29 is 4.74 Å². The second kappa shape index (κ2) is 3.94. The van der Waals surface area contributed by atoms with Crippen molar-refractivity contribution in [3.05, 3.63) is 11.3 Å². The number of likely N-dealkylation sites (N-methyl/N-ethyl adjacent to an activating group) is 1. The van der Waals surface area contributed by atoms with Crippen LogP contribution in [-0.4, -0.2) is 32.1 Å². The summed E-state index contributed by atoms with van der Waals surface area (Å²) in [7, 11) is 3.91. The van der Waals surface area contributed by atoms with Gasteiger partial charge in [0.1, 0.15) is 5.76 Å². The Balaban J connectivity index is 2.76. The zero-order valence-corrected chi connectivity index (χ0v) is 8.55. The van der Waals surface area contributed by atoms with Crippen molar-refractivity contribution in [1.82, 2.24) is 4.90 Å². The number of nitrogens with zero attached hydrogens (tertiary/aromatic N) is 1. The van der Waals surface area contributed by atoms with Gasteiger partial charge in [-0.2, -0.15) is 0 Å². The molecule has 0 N–H and O–H groups in total. The highest BCUT2D eigenvalue weighted by Crippen LogP contribution is 2.23. The minimum Gasteiger partial charge on any atom is -0.500 e. The lowest BCUT2D eigenvalue weighted by Crippen LogP contribution is -2.29. The van der Waals surface area contributed by atoms with Gasteiger partial charge in [0.05, 0.1) is 13.7 Å². The summed E-state index contributed by atoms with van der Waals surface area (Å²) in [5.74, 6) is 1.81. The molecule has 2 nitrogen and oxygen atoms in total. The second-order valence-corrected chi connectivity index (χ2v) is 3.80. The van der Waals surface area contributed by atoms with Gasteiger partial charge in [-0.1, -0.05) is 13.8 Å². The molecular formula is C10H19NO. The molecule has 0 aromatic rings. The number of hydrogen-bond donors (Lipinski definition) is 0. The van der Waals surface area contributed by atoms with E-state index in [2.05, 4.69) is 25.8 Å². The van der Waals surface area contributed by atoms with Crippen LogP contribution in [0.5, 0.6) is 0 Å². The first-order chi connectivity index (χ1) is 5.65. The Morgan fingerprint density at radius 2 is 2.08 bits per heavy atom. The summed E-state index contributed by atoms with van der Waals surface area (Å²) < 4.78 is 5.37. The molecule has 0 unspecified atom stereocenters. The topological polar surface area (TPSA) is 12.5 Å². The van der Waals surface area contributed by atoms with Crippen LogP contribution in [0.25, 0.3) is 0 Å². The average Bonchev–Trinajstić information content (AvgIpc) is 2.03. The summed E-state index contributed by atoms with van der Waals surface area (Å²) in [6, 6.07) is 0. The van der Waals surface area contributed by atoms with Gasteiger partial charge in [-0.15, -0.1) is 0 Å². The van der Waals surface area contributed by atoms with Gasteiger partial charge in [0.15, 0.2) is 0 Å². The van der Waals surface area contributed by atoms with E-state index >= 15 is 0 Å². The maximum atomic E-state index is 5.37. The van der Waals surface area contributed by atoms with E-state index in [4.69, 9.17) is 4.74 Å². The molecule has 0 bridgehead atoms. The van der Waals surface area contributed by atoms with Crippen molar-refractivity contribution in [2.24, 2.45) is 5.92 Å². The first kappa shape index (κ1) is 9.59. The van der Waals surface area contributed by atoms with E-state index in [1.54, 1.807) is 7.11 Å². The largest absolute Gasteiger partial charge is 0.500 e. The van der Waals surface area contributed by atoms with Crippen LogP contribution in [0.3, 0.4) is 0 Å². The predicted molar refractivity (Wildman–Crippen MR) is 51.0 cm³/mol. The molecule has 2 heteroatoms. The van der Waals surface area contributed by atoms with E-state index < -0.39 is 0 Å². The first-order valence-electron chi connectivity index (χ1n) is 4.59. The average molecular weight is 169 g/mol. The Hall–Kier alpha value is -0.500. The summed E-state index contributed by atoms with van der Waals surface area (Å²) >= 11 is 0. The number of ether oxygens (including phenoxy) is 1. The lowest BCUT2D eigenvalue weighted by Gasteiger charge is -2.28. The summed E-state index contributed by atoms with van der Waals surface area (Å²) in [6.45, 7) is 6.61. The summed E-state index contributed by atoms with van der Waals surface area (Å²) in [5.41, 5.74) is 1.50. The molecule has 0 atom stereocenters. The van der Waals surface area contributed by atoms with Gasteiger partial charge in [0.2, 0.25) is 0 Å². The van der Waals surface area contributed by atoms with Crippen LogP contribution >= 0.6 is 0 Å². The fourth-order valence-electron chi connectivity index (χ4n) is 1.68. The fraction of sp³-hybridized carbons (Fsp3) is 0.800. The molecular weight excluding hydrogens is 150 g/mol. The number of methoxy groups -OCH3 is 1. The van der Waals surface area contributed by atoms with E-state index in [9.17, 15) is 0 Å². The molecule has 0 spiro atoms. The zero-order valence-electron chi connectivity index (χ0n) is 8.55. The Morgan fingerprint density at radius 1 is 1.42 bits per heavy atom. The Bertz CT molecular complexity index is 184. The van der Waals surface area contributed by atoms with E-state index in [0.29, 0.717) is 5.92 Å². The third-order valence-electron chi connectivity index (χ3n) is 2.48. The minimum atomic E-state index is 0.633. The molecule has 1 heterocycles. The van der Waals surface area contributed by atoms with Gasteiger partial charge in [-0.3, -0.25) is 4.90 Å². The van der Waals surface area contributed by atoms with Crippen LogP contribution in [0.4, 0.5) is 0 Å². The van der Waals surface area contributed by atoms with Crippen molar-refractivity contribution in [3.8, 4) is 0 Å². The molecule has 0 aliphatic carbocycles. The standard InChI is InChI=1S/C10H19NO/c1-8(2)9-5-6-11(3)7-10(9)12-4/h8H,5-7H2,1-4H3. The van der Waals surface area contributed by atoms with Crippen molar-refractivity contribution >= 4 is 0 Å². The second-order valence-electron chi connectivity index (χ2n) is 3.80. The predicted octanol–water partition coefficient (Wildman–Crippen LogP) is 1.88. The molecule has 0 saturated heterocycles. The van der Waals surface area contributed by atoms with Crippen molar-refractivity contribution in [3.63, 3.8) is 0 Å². The smallest absolute Gasteiger partial charge is 0.109 e. The van der Waals surface area contributed by atoms with Gasteiger partial charge in [-0.25, -0.2) is 0 Å². The highest BCUT2D eigenvalue weighted by molar-refractivity contribution is 5.15. The zero-order chi connectivity index (χ0) is 9.14. The van der Waals surface area contributed by atoms with Crippen LogP contribution in [0, 0.1) is 5.92 Å². The molecule has 0 aromatic carbocycles. The lowest BCUT2D eigenvalue weighted by molar-refractivity contribution is 0.207. The van der Waals surface area contributed by atoms with Gasteiger partial charge in [0, 0.05) is 6.54 Å². The Kier molecular flexibility index (Phi) is 3.15. The number of rotatable bonds is 2. The highest BCUT2D eigenvalue weighted by Gasteiger charge is 2.18. The molecule has 0 aromatic heterocycles. The van der Waals surface area contributed by atoms with E-state index in [0.717, 1.165) is 13.0 Å². The molecule has 1 rings (SSSR count). The van der Waals surface area contributed by atoms with Crippen molar-refractivity contribution in [2.75, 3.05) is 27.2 Å². The molecule has 12 heavy (non-hydrogen) atoms. The van der Waals surface area contributed by atoms with E-state index in [1.165, 1.54) is 17.9 Å². The Labute approximate surface area is 75.2 Å². The molecule has 1 aliphatic rings. The molecule has 0 amide bonds. The van der Waals surface area contributed by atoms with Gasteiger partial charge >= 0.3 is 0 Å². The molecule has 70 valence electrons. The molecule has 1 aliphatic heterocycles. The van der Waals surface area contributed by atoms with Crippen molar-refractivity contribution in [1.29, 1.82) is 0 Å². The van der Waals surface area contributed by atoms with Crippen LogP contribution in [0.15, 0.2) is 11.3 Å². The van der Waals surface area contributed by atoms with Crippen LogP contribution < -0.4 is 0 Å².